The summed E-state index contributed by atoms with van der Waals surface area (Å²) in [4.78, 5) is 0. The van der Waals surface area contributed by atoms with Crippen molar-refractivity contribution in [3.8, 4) is 17.2 Å². The minimum absolute atomic E-state index is 0.117. The summed E-state index contributed by atoms with van der Waals surface area (Å²) in [6.07, 6.45) is 0.473. The summed E-state index contributed by atoms with van der Waals surface area (Å²) in [7, 11) is 1.69. The standard InChI is InChI=1S/C25H24N2O3/c1-3-29-18-14-12-17(13-15-18)21-16-22-19-8-4-7-11-24(19)30-25(27(22)26-21)20-9-5-6-10-23(20)28-2/h4-15,22,25H,3,16H2,1-2H3/t22-,25-/m1/s1. The smallest absolute Gasteiger partial charge is 0.217 e. The fourth-order valence-corrected chi connectivity index (χ4v) is 4.19. The van der Waals surface area contributed by atoms with E-state index >= 15 is 0 Å². The molecule has 0 saturated heterocycles. The summed E-state index contributed by atoms with van der Waals surface area (Å²) in [6.45, 7) is 2.65. The number of nitrogens with zero attached hydrogens (tertiary/aromatic N) is 2. The molecule has 2 aliphatic rings. The molecule has 5 nitrogen and oxygen atoms in total. The summed E-state index contributed by atoms with van der Waals surface area (Å²) in [6, 6.07) is 24.5. The number of ether oxygens (including phenoxy) is 3. The molecule has 0 fully saturated rings. The Kier molecular flexibility index (Phi) is 4.79. The van der Waals surface area contributed by atoms with E-state index in [9.17, 15) is 0 Å². The van der Waals surface area contributed by atoms with Gasteiger partial charge in [0.05, 0.1) is 31.0 Å². The van der Waals surface area contributed by atoms with Crippen molar-refractivity contribution in [2.45, 2.75) is 25.6 Å². The number of para-hydroxylation sites is 2. The van der Waals surface area contributed by atoms with Crippen LogP contribution in [0, 0.1) is 0 Å². The fourth-order valence-electron chi connectivity index (χ4n) is 4.19. The lowest BCUT2D eigenvalue weighted by molar-refractivity contribution is -0.0203. The molecule has 30 heavy (non-hydrogen) atoms. The highest BCUT2D eigenvalue weighted by atomic mass is 16.5. The number of benzene rings is 3. The second-order valence-corrected chi connectivity index (χ2v) is 7.35. The first-order valence-electron chi connectivity index (χ1n) is 10.3. The molecule has 5 rings (SSSR count). The topological polar surface area (TPSA) is 43.3 Å². The lowest BCUT2D eigenvalue weighted by Crippen LogP contribution is -2.33. The minimum atomic E-state index is -0.346. The summed E-state index contributed by atoms with van der Waals surface area (Å²) in [5.41, 5.74) is 4.27. The predicted molar refractivity (Wildman–Crippen MR) is 116 cm³/mol. The van der Waals surface area contributed by atoms with Gasteiger partial charge in [0.1, 0.15) is 17.2 Å². The van der Waals surface area contributed by atoms with E-state index < -0.39 is 0 Å². The van der Waals surface area contributed by atoms with Crippen LogP contribution in [-0.4, -0.2) is 24.4 Å². The van der Waals surface area contributed by atoms with Crippen LogP contribution in [0.25, 0.3) is 0 Å². The molecule has 0 bridgehead atoms. The monoisotopic (exact) mass is 400 g/mol. The third kappa shape index (κ3) is 3.16. The molecule has 0 aromatic heterocycles. The van der Waals surface area contributed by atoms with Crippen molar-refractivity contribution in [2.75, 3.05) is 13.7 Å². The quantitative estimate of drug-likeness (QED) is 0.580. The van der Waals surface area contributed by atoms with Crippen LogP contribution < -0.4 is 14.2 Å². The van der Waals surface area contributed by atoms with Crippen molar-refractivity contribution in [1.82, 2.24) is 5.01 Å². The van der Waals surface area contributed by atoms with Crippen LogP contribution >= 0.6 is 0 Å². The Morgan fingerprint density at radius 1 is 0.967 bits per heavy atom. The predicted octanol–water partition coefficient (Wildman–Crippen LogP) is 5.34. The van der Waals surface area contributed by atoms with Crippen molar-refractivity contribution in [1.29, 1.82) is 0 Å². The van der Waals surface area contributed by atoms with E-state index in [0.717, 1.165) is 46.1 Å². The normalized spacial score (nSPS) is 19.4. The highest BCUT2D eigenvalue weighted by molar-refractivity contribution is 6.02. The molecule has 0 spiro atoms. The molecule has 0 N–H and O–H groups in total. The van der Waals surface area contributed by atoms with E-state index in [1.54, 1.807) is 7.11 Å². The van der Waals surface area contributed by atoms with E-state index in [1.165, 1.54) is 0 Å². The molecule has 0 saturated carbocycles. The van der Waals surface area contributed by atoms with Gasteiger partial charge in [-0.1, -0.05) is 30.3 Å². The number of hydrogen-bond acceptors (Lipinski definition) is 5. The van der Waals surface area contributed by atoms with Gasteiger partial charge in [-0.2, -0.15) is 5.10 Å². The van der Waals surface area contributed by atoms with Gasteiger partial charge in [0.15, 0.2) is 0 Å². The van der Waals surface area contributed by atoms with Crippen molar-refractivity contribution in [3.05, 3.63) is 89.5 Å². The average molecular weight is 400 g/mol. The first-order chi connectivity index (χ1) is 14.8. The van der Waals surface area contributed by atoms with Crippen LogP contribution in [0.5, 0.6) is 17.2 Å². The SMILES string of the molecule is CCOc1ccc(C2=NN3[C@H](C2)c2ccccc2O[C@@H]3c2ccccc2OC)cc1. The van der Waals surface area contributed by atoms with Crippen LogP contribution in [0.3, 0.4) is 0 Å². The Morgan fingerprint density at radius 2 is 1.70 bits per heavy atom. The number of fused-ring (bicyclic) bond motifs is 3. The van der Waals surface area contributed by atoms with Gasteiger partial charge >= 0.3 is 0 Å². The van der Waals surface area contributed by atoms with Gasteiger partial charge in [0.25, 0.3) is 0 Å². The van der Waals surface area contributed by atoms with Crippen molar-refractivity contribution >= 4 is 5.71 Å². The van der Waals surface area contributed by atoms with Gasteiger partial charge in [-0.3, -0.25) is 0 Å². The third-order valence-electron chi connectivity index (χ3n) is 5.60. The maximum absolute atomic E-state index is 6.43. The lowest BCUT2D eigenvalue weighted by Gasteiger charge is -2.38. The van der Waals surface area contributed by atoms with Crippen LogP contribution in [0.2, 0.25) is 0 Å². The van der Waals surface area contributed by atoms with E-state index in [2.05, 4.69) is 29.3 Å². The van der Waals surface area contributed by atoms with Gasteiger partial charge < -0.3 is 14.2 Å². The zero-order chi connectivity index (χ0) is 20.5. The van der Waals surface area contributed by atoms with E-state index in [-0.39, 0.29) is 12.3 Å². The molecule has 0 amide bonds. The lowest BCUT2D eigenvalue weighted by atomic mass is 9.96. The molecule has 2 aliphatic heterocycles. The van der Waals surface area contributed by atoms with Gasteiger partial charge in [-0.25, -0.2) is 5.01 Å². The van der Waals surface area contributed by atoms with Gasteiger partial charge in [-0.15, -0.1) is 0 Å². The molecule has 2 atom stereocenters. The van der Waals surface area contributed by atoms with Crippen molar-refractivity contribution < 1.29 is 14.2 Å². The molecule has 3 aromatic rings. The minimum Gasteiger partial charge on any atom is -0.496 e. The zero-order valence-corrected chi connectivity index (χ0v) is 17.1. The summed E-state index contributed by atoms with van der Waals surface area (Å²) in [5, 5.41) is 7.09. The van der Waals surface area contributed by atoms with Crippen LogP contribution in [0.1, 0.15) is 42.3 Å². The van der Waals surface area contributed by atoms with Crippen molar-refractivity contribution in [2.24, 2.45) is 5.10 Å². The molecular formula is C25H24N2O3. The second-order valence-electron chi connectivity index (χ2n) is 7.35. The molecule has 2 heterocycles. The van der Waals surface area contributed by atoms with Crippen molar-refractivity contribution in [3.63, 3.8) is 0 Å². The third-order valence-corrected chi connectivity index (χ3v) is 5.60. The fraction of sp³-hybridized carbons (Fsp3) is 0.240. The van der Waals surface area contributed by atoms with Gasteiger partial charge in [0, 0.05) is 12.0 Å². The first-order valence-corrected chi connectivity index (χ1v) is 10.3. The molecule has 0 aliphatic carbocycles. The zero-order valence-electron chi connectivity index (χ0n) is 17.1. The summed E-state index contributed by atoms with van der Waals surface area (Å²) >= 11 is 0. The molecule has 5 heteroatoms. The molecule has 3 aromatic carbocycles. The van der Waals surface area contributed by atoms with Gasteiger partial charge in [-0.05, 0) is 55.0 Å². The van der Waals surface area contributed by atoms with Gasteiger partial charge in [0.2, 0.25) is 6.23 Å². The second kappa shape index (κ2) is 7.75. The van der Waals surface area contributed by atoms with Crippen LogP contribution in [0.15, 0.2) is 77.9 Å². The summed E-state index contributed by atoms with van der Waals surface area (Å²) < 4.78 is 17.6. The largest absolute Gasteiger partial charge is 0.496 e. The maximum atomic E-state index is 6.43. The number of rotatable bonds is 5. The number of methoxy groups -OCH3 is 1. The van der Waals surface area contributed by atoms with E-state index in [1.807, 2.05) is 55.5 Å². The Bertz CT molecular complexity index is 1080. The molecule has 0 radical (unpaired) electrons. The Balaban J connectivity index is 1.55. The first kappa shape index (κ1) is 18.6. The summed E-state index contributed by atoms with van der Waals surface area (Å²) in [5.74, 6) is 2.57. The number of hydrogen-bond donors (Lipinski definition) is 0. The molecular weight excluding hydrogens is 376 g/mol. The van der Waals surface area contributed by atoms with E-state index in [0.29, 0.717) is 6.61 Å². The molecule has 152 valence electrons. The Hall–Kier alpha value is -3.47. The Labute approximate surface area is 176 Å². The highest BCUT2D eigenvalue weighted by Crippen LogP contribution is 2.48. The van der Waals surface area contributed by atoms with Crippen LogP contribution in [0.4, 0.5) is 0 Å². The number of hydrazone groups is 1. The molecule has 0 unspecified atom stereocenters. The van der Waals surface area contributed by atoms with E-state index in [4.69, 9.17) is 19.3 Å². The highest BCUT2D eigenvalue weighted by Gasteiger charge is 2.41. The Morgan fingerprint density at radius 3 is 2.47 bits per heavy atom. The van der Waals surface area contributed by atoms with Crippen LogP contribution in [-0.2, 0) is 0 Å². The average Bonchev–Trinajstić information content (AvgIpc) is 3.25. The maximum Gasteiger partial charge on any atom is 0.217 e.